The Morgan fingerprint density at radius 2 is 2.31 bits per heavy atom. The number of carbonyl (C=O) groups excluding carboxylic acids is 1. The number of esters is 1. The molecule has 2 bridgehead atoms. The minimum absolute atomic E-state index is 0.291. The Kier molecular flexibility index (Phi) is 1.93. The Balaban J connectivity index is 2.07. The Labute approximate surface area is 93.9 Å². The molecule has 16 heavy (non-hydrogen) atoms. The normalized spacial score (nSPS) is 24.9. The predicted octanol–water partition coefficient (Wildman–Crippen LogP) is 1.74. The summed E-state index contributed by atoms with van der Waals surface area (Å²) in [6.45, 7) is 2.21. The fraction of sp³-hybridized carbons (Fsp3) is 0.500. The van der Waals surface area contributed by atoms with Gasteiger partial charge in [0.25, 0.3) is 0 Å². The van der Waals surface area contributed by atoms with Gasteiger partial charge in [0.15, 0.2) is 5.69 Å². The van der Waals surface area contributed by atoms with E-state index in [-0.39, 0.29) is 5.97 Å². The number of aryl methyl sites for hydroxylation is 1. The Bertz CT molecular complexity index is 487. The molecule has 84 valence electrons. The van der Waals surface area contributed by atoms with Crippen molar-refractivity contribution in [2.75, 3.05) is 6.61 Å². The number of fused-ring (bicyclic) bond motifs is 5. The summed E-state index contributed by atoms with van der Waals surface area (Å²) < 4.78 is 6.86. The van der Waals surface area contributed by atoms with Gasteiger partial charge in [-0.15, -0.1) is 0 Å². The van der Waals surface area contributed by atoms with Crippen molar-refractivity contribution in [3.8, 4) is 0 Å². The first-order valence-electron chi connectivity index (χ1n) is 5.64. The highest BCUT2D eigenvalue weighted by Crippen LogP contribution is 2.49. The topological polar surface area (TPSA) is 44.1 Å². The number of ether oxygens (including phenoxy) is 1. The number of hydrogen-bond acceptors (Lipinski definition) is 3. The standard InChI is InChI=1S/C12H14N2O2/c1-3-16-12(15)10-9-7-4-5-8(6-7)11(9)14(2)13-10/h4-5,7-8H,3,6H2,1-2H3. The van der Waals surface area contributed by atoms with Crippen molar-refractivity contribution in [2.45, 2.75) is 25.2 Å². The highest BCUT2D eigenvalue weighted by atomic mass is 16.5. The van der Waals surface area contributed by atoms with Crippen molar-refractivity contribution < 1.29 is 9.53 Å². The van der Waals surface area contributed by atoms with Gasteiger partial charge in [-0.05, 0) is 13.3 Å². The Morgan fingerprint density at radius 1 is 1.56 bits per heavy atom. The lowest BCUT2D eigenvalue weighted by Crippen LogP contribution is -2.09. The smallest absolute Gasteiger partial charge is 0.359 e. The van der Waals surface area contributed by atoms with Crippen LogP contribution in [0, 0.1) is 0 Å². The molecule has 2 atom stereocenters. The summed E-state index contributed by atoms with van der Waals surface area (Å²) in [5, 5.41) is 4.29. The van der Waals surface area contributed by atoms with E-state index in [0.717, 1.165) is 12.0 Å². The summed E-state index contributed by atoms with van der Waals surface area (Å²) in [5.74, 6) is 0.522. The third kappa shape index (κ3) is 1.10. The van der Waals surface area contributed by atoms with E-state index in [4.69, 9.17) is 4.74 Å². The second kappa shape index (κ2) is 3.20. The van der Waals surface area contributed by atoms with Gasteiger partial charge in [0.2, 0.25) is 0 Å². The van der Waals surface area contributed by atoms with Crippen molar-refractivity contribution in [1.82, 2.24) is 9.78 Å². The molecular formula is C12H14N2O2. The molecule has 2 aliphatic carbocycles. The van der Waals surface area contributed by atoms with Crippen molar-refractivity contribution in [3.63, 3.8) is 0 Å². The molecule has 0 amide bonds. The van der Waals surface area contributed by atoms with Crippen molar-refractivity contribution in [2.24, 2.45) is 7.05 Å². The first-order valence-corrected chi connectivity index (χ1v) is 5.64. The van der Waals surface area contributed by atoms with Crippen molar-refractivity contribution in [3.05, 3.63) is 29.1 Å². The lowest BCUT2D eigenvalue weighted by molar-refractivity contribution is 0.0517. The SMILES string of the molecule is CCOC(=O)c1nn(C)c2c1C1C=CC2C1. The first-order chi connectivity index (χ1) is 7.72. The van der Waals surface area contributed by atoms with E-state index in [1.807, 2.05) is 18.7 Å². The molecular weight excluding hydrogens is 204 g/mol. The summed E-state index contributed by atoms with van der Waals surface area (Å²) in [5.41, 5.74) is 2.79. The third-order valence-corrected chi connectivity index (χ3v) is 3.40. The molecule has 2 aliphatic rings. The van der Waals surface area contributed by atoms with Crippen LogP contribution in [0.1, 0.15) is 46.9 Å². The lowest BCUT2D eigenvalue weighted by atomic mass is 10.0. The fourth-order valence-corrected chi connectivity index (χ4v) is 2.82. The molecule has 2 unspecified atom stereocenters. The van der Waals surface area contributed by atoms with Gasteiger partial charge in [-0.3, -0.25) is 4.68 Å². The van der Waals surface area contributed by atoms with E-state index in [0.29, 0.717) is 24.1 Å². The van der Waals surface area contributed by atoms with Crippen LogP contribution in [0.4, 0.5) is 0 Å². The quantitative estimate of drug-likeness (QED) is 0.561. The molecule has 0 saturated carbocycles. The Hall–Kier alpha value is -1.58. The monoisotopic (exact) mass is 218 g/mol. The minimum atomic E-state index is -0.291. The van der Waals surface area contributed by atoms with E-state index in [9.17, 15) is 4.79 Å². The fourth-order valence-electron chi connectivity index (χ4n) is 2.82. The number of carbonyl (C=O) groups is 1. The van der Waals surface area contributed by atoms with Crippen molar-refractivity contribution in [1.29, 1.82) is 0 Å². The summed E-state index contributed by atoms with van der Waals surface area (Å²) in [7, 11) is 1.90. The number of hydrogen-bond donors (Lipinski definition) is 0. The summed E-state index contributed by atoms with van der Waals surface area (Å²) >= 11 is 0. The van der Waals surface area contributed by atoms with Gasteiger partial charge in [-0.1, -0.05) is 12.2 Å². The maximum Gasteiger partial charge on any atom is 0.359 e. The maximum atomic E-state index is 11.8. The summed E-state index contributed by atoms with van der Waals surface area (Å²) in [6.07, 6.45) is 5.48. The minimum Gasteiger partial charge on any atom is -0.461 e. The molecule has 0 fully saturated rings. The average molecular weight is 218 g/mol. The van der Waals surface area contributed by atoms with Crippen LogP contribution in [0.15, 0.2) is 12.2 Å². The molecule has 1 heterocycles. The van der Waals surface area contributed by atoms with Crippen LogP contribution in [0.25, 0.3) is 0 Å². The molecule has 0 radical (unpaired) electrons. The highest BCUT2D eigenvalue weighted by molar-refractivity contribution is 5.90. The molecule has 0 spiro atoms. The molecule has 0 aliphatic heterocycles. The van der Waals surface area contributed by atoms with E-state index in [2.05, 4.69) is 17.3 Å². The van der Waals surface area contributed by atoms with Gasteiger partial charge in [0.05, 0.1) is 6.61 Å². The molecule has 0 saturated heterocycles. The predicted molar refractivity (Wildman–Crippen MR) is 58.4 cm³/mol. The number of rotatable bonds is 2. The van der Waals surface area contributed by atoms with Gasteiger partial charge < -0.3 is 4.74 Å². The van der Waals surface area contributed by atoms with Gasteiger partial charge in [0.1, 0.15) is 0 Å². The molecule has 0 N–H and O–H groups in total. The highest BCUT2D eigenvalue weighted by Gasteiger charge is 2.40. The van der Waals surface area contributed by atoms with Crippen LogP contribution in [-0.4, -0.2) is 22.4 Å². The number of aromatic nitrogens is 2. The van der Waals surface area contributed by atoms with Crippen LogP contribution in [0.5, 0.6) is 0 Å². The lowest BCUT2D eigenvalue weighted by Gasteiger charge is -2.06. The number of allylic oxidation sites excluding steroid dienone is 2. The van der Waals surface area contributed by atoms with Crippen molar-refractivity contribution >= 4 is 5.97 Å². The zero-order chi connectivity index (χ0) is 11.3. The van der Waals surface area contributed by atoms with E-state index < -0.39 is 0 Å². The second-order valence-corrected chi connectivity index (χ2v) is 4.33. The molecule has 4 nitrogen and oxygen atoms in total. The molecule has 1 aromatic rings. The Morgan fingerprint density at radius 3 is 3.06 bits per heavy atom. The van der Waals surface area contributed by atoms with Gasteiger partial charge in [0, 0.05) is 30.1 Å². The zero-order valence-corrected chi connectivity index (χ0v) is 9.43. The van der Waals surface area contributed by atoms with Crippen LogP contribution in [0.3, 0.4) is 0 Å². The van der Waals surface area contributed by atoms with Gasteiger partial charge >= 0.3 is 5.97 Å². The van der Waals surface area contributed by atoms with Gasteiger partial charge in [-0.25, -0.2) is 4.79 Å². The summed E-state index contributed by atoms with van der Waals surface area (Å²) in [6, 6.07) is 0. The van der Waals surface area contributed by atoms with Gasteiger partial charge in [-0.2, -0.15) is 5.10 Å². The molecule has 0 aromatic carbocycles. The largest absolute Gasteiger partial charge is 0.461 e. The molecule has 4 heteroatoms. The zero-order valence-electron chi connectivity index (χ0n) is 9.43. The second-order valence-electron chi connectivity index (χ2n) is 4.33. The number of nitrogens with zero attached hydrogens (tertiary/aromatic N) is 2. The van der Waals surface area contributed by atoms with E-state index >= 15 is 0 Å². The van der Waals surface area contributed by atoms with E-state index in [1.165, 1.54) is 5.69 Å². The first kappa shape index (κ1) is 9.63. The third-order valence-electron chi connectivity index (χ3n) is 3.40. The van der Waals surface area contributed by atoms with Crippen LogP contribution >= 0.6 is 0 Å². The summed E-state index contributed by atoms with van der Waals surface area (Å²) in [4.78, 5) is 11.8. The van der Waals surface area contributed by atoms with E-state index in [1.54, 1.807) is 0 Å². The molecule has 1 aromatic heterocycles. The van der Waals surface area contributed by atoms with Crippen LogP contribution in [0.2, 0.25) is 0 Å². The molecule has 3 rings (SSSR count). The van der Waals surface area contributed by atoms with Crippen LogP contribution in [-0.2, 0) is 11.8 Å². The maximum absolute atomic E-state index is 11.8. The average Bonchev–Trinajstić information content (AvgIpc) is 2.90. The van der Waals surface area contributed by atoms with Crippen LogP contribution < -0.4 is 0 Å².